The molecule has 142 valence electrons. The summed E-state index contributed by atoms with van der Waals surface area (Å²) < 4.78 is 22.9. The minimum Gasteiger partial charge on any atom is -0.345 e. The third kappa shape index (κ3) is 5.94. The predicted molar refractivity (Wildman–Crippen MR) is 97.5 cm³/mol. The Morgan fingerprint density at radius 1 is 1.08 bits per heavy atom. The van der Waals surface area contributed by atoms with E-state index in [-0.39, 0.29) is 54.5 Å². The summed E-state index contributed by atoms with van der Waals surface area (Å²) >= 11 is 0. The average molecular weight is 380 g/mol. The molecule has 0 spiro atoms. The van der Waals surface area contributed by atoms with Crippen molar-refractivity contribution in [2.45, 2.75) is 31.7 Å². The smallest absolute Gasteiger partial charge is 0.251 e. The van der Waals surface area contributed by atoms with Crippen LogP contribution in [0.1, 0.15) is 36.0 Å². The van der Waals surface area contributed by atoms with Crippen LogP contribution in [0.4, 0.5) is 0 Å². The van der Waals surface area contributed by atoms with Crippen molar-refractivity contribution in [3.8, 4) is 0 Å². The van der Waals surface area contributed by atoms with Crippen LogP contribution in [-0.2, 0) is 19.4 Å². The molecular formula is C18H24N2O5S. The van der Waals surface area contributed by atoms with Gasteiger partial charge in [-0.3, -0.25) is 14.4 Å². The molecule has 2 rings (SSSR count). The van der Waals surface area contributed by atoms with E-state index >= 15 is 0 Å². The van der Waals surface area contributed by atoms with Gasteiger partial charge in [-0.25, -0.2) is 8.42 Å². The van der Waals surface area contributed by atoms with Crippen LogP contribution in [-0.4, -0.2) is 62.1 Å². The number of hydrogen-bond acceptors (Lipinski definition) is 5. The maximum Gasteiger partial charge on any atom is 0.251 e. The zero-order chi connectivity index (χ0) is 19.2. The lowest BCUT2D eigenvalue weighted by atomic mass is 10.1. The van der Waals surface area contributed by atoms with Crippen LogP contribution in [0.5, 0.6) is 0 Å². The zero-order valence-corrected chi connectivity index (χ0v) is 15.6. The van der Waals surface area contributed by atoms with Crippen molar-refractivity contribution in [2.24, 2.45) is 0 Å². The molecule has 1 saturated heterocycles. The number of nitrogens with one attached hydrogen (secondary N) is 1. The zero-order valence-electron chi connectivity index (χ0n) is 14.8. The van der Waals surface area contributed by atoms with Crippen LogP contribution in [0.15, 0.2) is 30.3 Å². The SMILES string of the molecule is CN(C(=O)CCC(=O)CNC(=O)c1ccccc1)C1CCS(=O)(=O)CC1. The summed E-state index contributed by atoms with van der Waals surface area (Å²) in [5.74, 6) is -0.537. The molecule has 0 aliphatic carbocycles. The summed E-state index contributed by atoms with van der Waals surface area (Å²) in [5.41, 5.74) is 0.475. The monoisotopic (exact) mass is 380 g/mol. The Bertz CT molecular complexity index is 747. The molecule has 8 heteroatoms. The van der Waals surface area contributed by atoms with E-state index in [2.05, 4.69) is 5.32 Å². The first kappa shape index (κ1) is 20.1. The fourth-order valence-electron chi connectivity index (χ4n) is 2.85. The number of hydrogen-bond donors (Lipinski definition) is 1. The van der Waals surface area contributed by atoms with Crippen LogP contribution in [0.25, 0.3) is 0 Å². The number of sulfone groups is 1. The van der Waals surface area contributed by atoms with Gasteiger partial charge in [-0.1, -0.05) is 18.2 Å². The number of benzene rings is 1. The molecule has 0 saturated carbocycles. The summed E-state index contributed by atoms with van der Waals surface area (Å²) in [7, 11) is -1.33. The van der Waals surface area contributed by atoms with Gasteiger partial charge in [0.1, 0.15) is 9.84 Å². The first-order chi connectivity index (χ1) is 12.3. The second-order valence-electron chi connectivity index (χ2n) is 6.48. The Hall–Kier alpha value is -2.22. The van der Waals surface area contributed by atoms with Gasteiger partial charge in [0.15, 0.2) is 5.78 Å². The number of amides is 2. The van der Waals surface area contributed by atoms with Gasteiger partial charge in [0, 0.05) is 31.5 Å². The Balaban J connectivity index is 1.71. The molecule has 1 aromatic carbocycles. The molecule has 0 bridgehead atoms. The summed E-state index contributed by atoms with van der Waals surface area (Å²) in [6.45, 7) is -0.119. The number of carbonyl (C=O) groups is 3. The Labute approximate surface area is 153 Å². The van der Waals surface area contributed by atoms with Crippen LogP contribution < -0.4 is 5.32 Å². The minimum absolute atomic E-state index is 0.0449. The van der Waals surface area contributed by atoms with Crippen LogP contribution >= 0.6 is 0 Å². The molecule has 0 aromatic heterocycles. The molecular weight excluding hydrogens is 356 g/mol. The van der Waals surface area contributed by atoms with E-state index in [0.29, 0.717) is 18.4 Å². The first-order valence-electron chi connectivity index (χ1n) is 8.59. The largest absolute Gasteiger partial charge is 0.345 e. The number of rotatable bonds is 7. The molecule has 2 amide bonds. The maximum atomic E-state index is 12.2. The Morgan fingerprint density at radius 2 is 1.69 bits per heavy atom. The highest BCUT2D eigenvalue weighted by molar-refractivity contribution is 7.91. The summed E-state index contributed by atoms with van der Waals surface area (Å²) in [4.78, 5) is 37.5. The highest BCUT2D eigenvalue weighted by atomic mass is 32.2. The predicted octanol–water partition coefficient (Wildman–Crippen LogP) is 0.801. The van der Waals surface area contributed by atoms with Crippen LogP contribution in [0.2, 0.25) is 0 Å². The molecule has 1 heterocycles. The molecule has 1 fully saturated rings. The molecule has 26 heavy (non-hydrogen) atoms. The van der Waals surface area contributed by atoms with Gasteiger partial charge in [0.2, 0.25) is 5.91 Å². The summed E-state index contributed by atoms with van der Waals surface area (Å²) in [6, 6.07) is 8.49. The van der Waals surface area contributed by atoms with Crippen molar-refractivity contribution in [3.05, 3.63) is 35.9 Å². The van der Waals surface area contributed by atoms with E-state index in [9.17, 15) is 22.8 Å². The van der Waals surface area contributed by atoms with Crippen molar-refractivity contribution in [1.29, 1.82) is 0 Å². The highest BCUT2D eigenvalue weighted by Gasteiger charge is 2.28. The summed E-state index contributed by atoms with van der Waals surface area (Å²) in [5, 5.41) is 2.54. The van der Waals surface area contributed by atoms with Crippen molar-refractivity contribution in [1.82, 2.24) is 10.2 Å². The van der Waals surface area contributed by atoms with Crippen molar-refractivity contribution < 1.29 is 22.8 Å². The third-order valence-corrected chi connectivity index (χ3v) is 6.28. The normalized spacial score (nSPS) is 16.7. The number of carbonyl (C=O) groups excluding carboxylic acids is 3. The van der Waals surface area contributed by atoms with Crippen molar-refractivity contribution in [2.75, 3.05) is 25.1 Å². The number of ketones is 1. The number of Topliss-reactive ketones (excluding diaryl/α,β-unsaturated/α-hetero) is 1. The van der Waals surface area contributed by atoms with Crippen LogP contribution in [0, 0.1) is 0 Å². The molecule has 0 unspecified atom stereocenters. The van der Waals surface area contributed by atoms with Gasteiger partial charge in [0.25, 0.3) is 5.91 Å². The van der Waals surface area contributed by atoms with Gasteiger partial charge >= 0.3 is 0 Å². The van der Waals surface area contributed by atoms with E-state index in [1.807, 2.05) is 0 Å². The topological polar surface area (TPSA) is 101 Å². The fraction of sp³-hybridized carbons (Fsp3) is 0.500. The lowest BCUT2D eigenvalue weighted by Crippen LogP contribution is -2.42. The quantitative estimate of drug-likeness (QED) is 0.754. The molecule has 1 aromatic rings. The molecule has 7 nitrogen and oxygen atoms in total. The Morgan fingerprint density at radius 3 is 2.31 bits per heavy atom. The Kier molecular flexibility index (Phi) is 6.90. The second-order valence-corrected chi connectivity index (χ2v) is 8.78. The van der Waals surface area contributed by atoms with Gasteiger partial charge in [-0.05, 0) is 25.0 Å². The maximum absolute atomic E-state index is 12.2. The first-order valence-corrected chi connectivity index (χ1v) is 10.4. The van der Waals surface area contributed by atoms with E-state index in [1.54, 1.807) is 42.3 Å². The molecule has 1 aliphatic rings. The van der Waals surface area contributed by atoms with E-state index in [4.69, 9.17) is 0 Å². The standard InChI is InChI=1S/C18H24N2O5S/c1-20(15-9-11-26(24,25)12-10-15)17(22)8-7-16(21)13-19-18(23)14-5-3-2-4-6-14/h2-6,15H,7-13H2,1H3,(H,19,23). The van der Waals surface area contributed by atoms with Crippen molar-refractivity contribution in [3.63, 3.8) is 0 Å². The van der Waals surface area contributed by atoms with Crippen LogP contribution in [0.3, 0.4) is 0 Å². The van der Waals surface area contributed by atoms with Gasteiger partial charge in [0.05, 0.1) is 18.1 Å². The molecule has 1 N–H and O–H groups in total. The molecule has 1 aliphatic heterocycles. The minimum atomic E-state index is -2.97. The van der Waals surface area contributed by atoms with E-state index in [1.165, 1.54) is 0 Å². The number of nitrogens with zero attached hydrogens (tertiary/aromatic N) is 1. The van der Waals surface area contributed by atoms with Gasteiger partial charge < -0.3 is 10.2 Å². The lowest BCUT2D eigenvalue weighted by Gasteiger charge is -2.31. The average Bonchev–Trinajstić information content (AvgIpc) is 2.64. The van der Waals surface area contributed by atoms with Gasteiger partial charge in [-0.2, -0.15) is 0 Å². The third-order valence-electron chi connectivity index (χ3n) is 4.57. The fourth-order valence-corrected chi connectivity index (χ4v) is 4.32. The summed E-state index contributed by atoms with van der Waals surface area (Å²) in [6.07, 6.45) is 0.973. The molecule has 0 radical (unpaired) electrons. The second kappa shape index (κ2) is 8.93. The van der Waals surface area contributed by atoms with Gasteiger partial charge in [-0.15, -0.1) is 0 Å². The highest BCUT2D eigenvalue weighted by Crippen LogP contribution is 2.18. The van der Waals surface area contributed by atoms with Crippen molar-refractivity contribution >= 4 is 27.4 Å². The lowest BCUT2D eigenvalue weighted by molar-refractivity contribution is -0.133. The van der Waals surface area contributed by atoms with E-state index < -0.39 is 9.84 Å². The van der Waals surface area contributed by atoms with E-state index in [0.717, 1.165) is 0 Å². The molecule has 0 atom stereocenters.